The molecule has 0 bridgehead atoms. The van der Waals surface area contributed by atoms with Crippen LogP contribution in [0.15, 0.2) is 29.2 Å². The zero-order valence-electron chi connectivity index (χ0n) is 6.75. The van der Waals surface area contributed by atoms with Crippen molar-refractivity contribution in [2.45, 2.75) is 9.61 Å². The second-order valence-electron chi connectivity index (χ2n) is 2.52. The van der Waals surface area contributed by atoms with Crippen LogP contribution >= 0.6 is 11.6 Å². The molecule has 0 saturated carbocycles. The van der Waals surface area contributed by atoms with Gasteiger partial charge in [0, 0.05) is 5.69 Å². The number of sulfone groups is 1. The summed E-state index contributed by atoms with van der Waals surface area (Å²) in [5.41, 5.74) is 5.54. The largest absolute Gasteiger partial charge is 0.427 e. The van der Waals surface area contributed by atoms with E-state index in [2.05, 4.69) is 11.6 Å². The number of nitrogens with two attached hydrogens (primary N) is 1. The van der Waals surface area contributed by atoms with Crippen molar-refractivity contribution >= 4 is 27.1 Å². The molecular weight excluding hydrogens is 236 g/mol. The molecule has 0 heterocycles. The van der Waals surface area contributed by atoms with Gasteiger partial charge < -0.3 is 5.73 Å². The van der Waals surface area contributed by atoms with E-state index in [1.807, 2.05) is 0 Å². The van der Waals surface area contributed by atoms with Crippen LogP contribution in [0.2, 0.25) is 0 Å². The lowest BCUT2D eigenvalue weighted by atomic mass is 10.3. The Morgan fingerprint density at radius 1 is 1.21 bits per heavy atom. The van der Waals surface area contributed by atoms with E-state index in [4.69, 9.17) is 5.73 Å². The van der Waals surface area contributed by atoms with Gasteiger partial charge in [0.25, 0.3) is 9.84 Å². The summed E-state index contributed by atoms with van der Waals surface area (Å²) in [6.45, 7) is 0. The van der Waals surface area contributed by atoms with Crippen molar-refractivity contribution in [3.8, 4) is 0 Å². The molecule has 0 aliphatic carbocycles. The Morgan fingerprint density at radius 3 is 2.00 bits per heavy atom. The first kappa shape index (κ1) is 11.2. The molecule has 0 aromatic heterocycles. The Hall–Kier alpha value is -0.880. The third-order valence-electron chi connectivity index (χ3n) is 1.50. The van der Waals surface area contributed by atoms with E-state index >= 15 is 0 Å². The Labute approximate surface area is 84.4 Å². The molecule has 0 aliphatic heterocycles. The Bertz CT molecular complexity index is 424. The Morgan fingerprint density at radius 2 is 1.64 bits per heavy atom. The Balaban J connectivity index is 3.25. The normalized spacial score (nSPS) is 12.8. The highest BCUT2D eigenvalue weighted by Crippen LogP contribution is 2.32. The second kappa shape index (κ2) is 3.36. The molecule has 0 fully saturated rings. The van der Waals surface area contributed by atoms with E-state index in [0.717, 1.165) is 12.1 Å². The lowest BCUT2D eigenvalue weighted by molar-refractivity contribution is 0.187. The van der Waals surface area contributed by atoms with E-state index < -0.39 is 19.4 Å². The fraction of sp³-hybridized carbons (Fsp3) is 0.143. The first-order valence-electron chi connectivity index (χ1n) is 3.42. The van der Waals surface area contributed by atoms with Crippen molar-refractivity contribution in [3.63, 3.8) is 0 Å². The molecule has 0 atom stereocenters. The molecule has 1 aromatic rings. The quantitative estimate of drug-likeness (QED) is 0.635. The lowest BCUT2D eigenvalue weighted by Gasteiger charge is -2.09. The molecule has 0 spiro atoms. The van der Waals surface area contributed by atoms with Gasteiger partial charge in [0.1, 0.15) is 0 Å². The van der Waals surface area contributed by atoms with Gasteiger partial charge in [0.05, 0.1) is 4.90 Å². The molecule has 0 aliphatic rings. The van der Waals surface area contributed by atoms with E-state index in [1.54, 1.807) is 0 Å². The summed E-state index contributed by atoms with van der Waals surface area (Å²) in [6, 6.07) is 4.35. The van der Waals surface area contributed by atoms with Crippen LogP contribution in [-0.2, 0) is 9.84 Å². The summed E-state index contributed by atoms with van der Waals surface area (Å²) < 4.78 is 42.6. The van der Waals surface area contributed by atoms with Crippen LogP contribution in [-0.4, -0.2) is 13.1 Å². The zero-order chi connectivity index (χ0) is 11.0. The maximum atomic E-state index is 12.4. The number of anilines is 1. The first-order valence-corrected chi connectivity index (χ1v) is 5.28. The van der Waals surface area contributed by atoms with E-state index in [9.17, 15) is 17.2 Å². The van der Waals surface area contributed by atoms with Crippen LogP contribution in [0, 0.1) is 0 Å². The summed E-state index contributed by atoms with van der Waals surface area (Å²) in [4.78, 5) is -0.563. The maximum absolute atomic E-state index is 12.4. The summed E-state index contributed by atoms with van der Waals surface area (Å²) in [6.07, 6.45) is 0. The van der Waals surface area contributed by atoms with Gasteiger partial charge in [-0.15, -0.1) is 0 Å². The van der Waals surface area contributed by atoms with Gasteiger partial charge in [-0.2, -0.15) is 8.78 Å². The van der Waals surface area contributed by atoms with Crippen LogP contribution in [0.5, 0.6) is 0 Å². The van der Waals surface area contributed by atoms with E-state index in [0.29, 0.717) is 0 Å². The number of halogens is 3. The minimum absolute atomic E-state index is 0.279. The molecule has 78 valence electrons. The van der Waals surface area contributed by atoms with Gasteiger partial charge in [0.2, 0.25) is 0 Å². The predicted octanol–water partition coefficient (Wildman–Crippen LogP) is 1.83. The number of rotatable bonds is 2. The average Bonchev–Trinajstić information content (AvgIpc) is 2.03. The number of benzene rings is 1. The molecule has 0 unspecified atom stereocenters. The number of hydrogen-bond acceptors (Lipinski definition) is 3. The third kappa shape index (κ3) is 1.96. The van der Waals surface area contributed by atoms with Crippen molar-refractivity contribution in [1.82, 2.24) is 0 Å². The molecule has 0 radical (unpaired) electrons. The molecule has 1 rings (SSSR count). The van der Waals surface area contributed by atoms with Gasteiger partial charge in [0.15, 0.2) is 0 Å². The van der Waals surface area contributed by atoms with Gasteiger partial charge >= 0.3 is 4.71 Å². The number of nitrogen functional groups attached to an aromatic ring is 1. The third-order valence-corrected chi connectivity index (χ3v) is 3.61. The Kier molecular flexibility index (Phi) is 2.69. The van der Waals surface area contributed by atoms with Crippen LogP contribution in [0.3, 0.4) is 0 Å². The van der Waals surface area contributed by atoms with Crippen molar-refractivity contribution in [1.29, 1.82) is 0 Å². The minimum atomic E-state index is -4.82. The molecule has 2 N–H and O–H groups in total. The summed E-state index contributed by atoms with van der Waals surface area (Å²) in [7, 11) is -4.82. The SMILES string of the molecule is Nc1ccc(S(=O)(=O)C(F)(F)Cl)cc1. The standard InChI is InChI=1S/C7H6ClF2NO2S/c8-7(9,10)14(12,13)6-3-1-5(11)2-4-6/h1-4H,11H2. The minimum Gasteiger partial charge on any atom is -0.399 e. The predicted molar refractivity (Wildman–Crippen MR) is 48.8 cm³/mol. The van der Waals surface area contributed by atoms with E-state index in [-0.39, 0.29) is 5.69 Å². The van der Waals surface area contributed by atoms with Crippen molar-refractivity contribution in [2.24, 2.45) is 0 Å². The topological polar surface area (TPSA) is 60.2 Å². The van der Waals surface area contributed by atoms with E-state index in [1.165, 1.54) is 12.1 Å². The van der Waals surface area contributed by atoms with Crippen molar-refractivity contribution in [2.75, 3.05) is 5.73 Å². The summed E-state index contributed by atoms with van der Waals surface area (Å²) in [5.74, 6) is 0. The smallest absolute Gasteiger partial charge is 0.399 e. The molecule has 1 aromatic carbocycles. The highest BCUT2D eigenvalue weighted by Gasteiger charge is 2.43. The highest BCUT2D eigenvalue weighted by atomic mass is 35.5. The summed E-state index contributed by atoms with van der Waals surface area (Å²) >= 11 is 4.45. The highest BCUT2D eigenvalue weighted by molar-refractivity contribution is 7.93. The molecule has 14 heavy (non-hydrogen) atoms. The van der Waals surface area contributed by atoms with Gasteiger partial charge in [-0.25, -0.2) is 8.42 Å². The van der Waals surface area contributed by atoms with Crippen molar-refractivity contribution < 1.29 is 17.2 Å². The van der Waals surface area contributed by atoms with Gasteiger partial charge in [-0.3, -0.25) is 0 Å². The van der Waals surface area contributed by atoms with Crippen LogP contribution in [0.4, 0.5) is 14.5 Å². The molecular formula is C7H6ClF2NO2S. The van der Waals surface area contributed by atoms with Gasteiger partial charge in [-0.05, 0) is 35.9 Å². The van der Waals surface area contributed by atoms with Crippen LogP contribution in [0.25, 0.3) is 0 Å². The lowest BCUT2D eigenvalue weighted by Crippen LogP contribution is -2.21. The van der Waals surface area contributed by atoms with Gasteiger partial charge in [-0.1, -0.05) is 0 Å². The zero-order valence-corrected chi connectivity index (χ0v) is 8.32. The maximum Gasteiger partial charge on any atom is 0.427 e. The molecule has 7 heteroatoms. The number of hydrogen-bond donors (Lipinski definition) is 1. The fourth-order valence-electron chi connectivity index (χ4n) is 0.781. The monoisotopic (exact) mass is 241 g/mol. The fourth-order valence-corrected chi connectivity index (χ4v) is 1.81. The van der Waals surface area contributed by atoms with Crippen molar-refractivity contribution in [3.05, 3.63) is 24.3 Å². The molecule has 3 nitrogen and oxygen atoms in total. The summed E-state index contributed by atoms with van der Waals surface area (Å²) in [5, 5.41) is 0. The first-order chi connectivity index (χ1) is 6.25. The average molecular weight is 242 g/mol. The van der Waals surface area contributed by atoms with Crippen LogP contribution < -0.4 is 5.73 Å². The molecule has 0 saturated heterocycles. The second-order valence-corrected chi connectivity index (χ2v) is 5.21. The molecule has 0 amide bonds. The number of alkyl halides is 3. The van der Waals surface area contributed by atoms with Crippen LogP contribution in [0.1, 0.15) is 0 Å².